The molecule has 0 fully saturated rings. The van der Waals surface area contributed by atoms with Gasteiger partial charge in [-0.05, 0) is 32.1 Å². The summed E-state index contributed by atoms with van der Waals surface area (Å²) in [6.07, 6.45) is 22.8. The number of rotatable bonds is 19. The zero-order valence-corrected chi connectivity index (χ0v) is 15.7. The Labute approximate surface area is 149 Å². The number of aliphatic carboxylic acids is 1. The number of allylic oxidation sites excluding steroid dienone is 2. The second-order valence-corrected chi connectivity index (χ2v) is 6.51. The highest BCUT2D eigenvalue weighted by Gasteiger charge is 1.95. The van der Waals surface area contributed by atoms with Crippen molar-refractivity contribution in [2.45, 2.75) is 96.8 Å². The summed E-state index contributed by atoms with van der Waals surface area (Å²) in [5, 5.41) is 8.39. The van der Waals surface area contributed by atoms with Crippen LogP contribution >= 0.6 is 0 Å². The monoisotopic (exact) mass is 341 g/mol. The first-order chi connectivity index (χ1) is 11.8. The molecule has 0 saturated carbocycles. The van der Waals surface area contributed by atoms with Crippen LogP contribution in [0, 0.1) is 0 Å². The maximum absolute atomic E-state index is 10.2. The van der Waals surface area contributed by atoms with Gasteiger partial charge in [0.2, 0.25) is 0 Å². The van der Waals surface area contributed by atoms with Crippen molar-refractivity contribution >= 4 is 5.97 Å². The highest BCUT2D eigenvalue weighted by atomic mass is 16.7. The highest BCUT2D eigenvalue weighted by Crippen LogP contribution is 2.09. The normalized spacial score (nSPS) is 11.4. The van der Waals surface area contributed by atoms with Crippen LogP contribution in [0.25, 0.3) is 0 Å². The van der Waals surface area contributed by atoms with Gasteiger partial charge in [-0.25, -0.2) is 10.3 Å². The number of hydroxylamine groups is 1. The SMILES string of the molecule is CCCCCCCCC=CCCCCCCCCNOCC(=O)O. The standard InChI is InChI=1S/C20H39NO3/c1-2-3-4-5-6-7-8-9-10-11-12-13-14-15-16-17-18-21-24-19-20(22)23/h9-10,21H,2-8,11-19H2,1H3,(H,22,23). The molecular formula is C20H39NO3. The van der Waals surface area contributed by atoms with Crippen molar-refractivity contribution in [1.29, 1.82) is 0 Å². The number of hydrogen-bond donors (Lipinski definition) is 2. The molecule has 0 aromatic rings. The van der Waals surface area contributed by atoms with Gasteiger partial charge in [0.1, 0.15) is 0 Å². The van der Waals surface area contributed by atoms with Crippen LogP contribution in [-0.2, 0) is 9.63 Å². The molecule has 0 radical (unpaired) electrons. The lowest BCUT2D eigenvalue weighted by atomic mass is 10.1. The fraction of sp³-hybridized carbons (Fsp3) is 0.850. The first kappa shape index (κ1) is 23.1. The molecule has 0 aliphatic heterocycles. The van der Waals surface area contributed by atoms with Crippen molar-refractivity contribution in [1.82, 2.24) is 5.48 Å². The molecule has 2 N–H and O–H groups in total. The van der Waals surface area contributed by atoms with E-state index in [1.54, 1.807) is 0 Å². The molecule has 0 aliphatic carbocycles. The van der Waals surface area contributed by atoms with Crippen LogP contribution in [0.4, 0.5) is 0 Å². The molecule has 142 valence electrons. The minimum Gasteiger partial charge on any atom is -0.479 e. The summed E-state index contributed by atoms with van der Waals surface area (Å²) in [5.74, 6) is -0.941. The number of unbranched alkanes of at least 4 members (excludes halogenated alkanes) is 12. The van der Waals surface area contributed by atoms with Crippen LogP contribution in [0.3, 0.4) is 0 Å². The first-order valence-corrected chi connectivity index (χ1v) is 9.98. The van der Waals surface area contributed by atoms with Crippen LogP contribution in [0.1, 0.15) is 96.8 Å². The van der Waals surface area contributed by atoms with Gasteiger partial charge in [0.25, 0.3) is 0 Å². The fourth-order valence-electron chi connectivity index (χ4n) is 2.63. The quantitative estimate of drug-likeness (QED) is 0.182. The molecule has 0 rings (SSSR count). The van der Waals surface area contributed by atoms with Crippen molar-refractivity contribution in [3.63, 3.8) is 0 Å². The maximum atomic E-state index is 10.2. The molecule has 0 aliphatic rings. The number of nitrogens with one attached hydrogen (secondary N) is 1. The van der Waals surface area contributed by atoms with E-state index >= 15 is 0 Å². The van der Waals surface area contributed by atoms with E-state index in [1.165, 1.54) is 83.5 Å². The van der Waals surface area contributed by atoms with E-state index in [4.69, 9.17) is 9.94 Å². The molecule has 4 heteroatoms. The Kier molecular flexibility index (Phi) is 19.4. The molecule has 0 spiro atoms. The predicted molar refractivity (Wildman–Crippen MR) is 101 cm³/mol. The summed E-state index contributed by atoms with van der Waals surface area (Å²) < 4.78 is 0. The molecule has 24 heavy (non-hydrogen) atoms. The molecule has 4 nitrogen and oxygen atoms in total. The molecule has 0 unspecified atom stereocenters. The van der Waals surface area contributed by atoms with E-state index in [9.17, 15) is 4.79 Å². The summed E-state index contributed by atoms with van der Waals surface area (Å²) in [4.78, 5) is 15.0. The lowest BCUT2D eigenvalue weighted by Gasteiger charge is -2.03. The van der Waals surface area contributed by atoms with Gasteiger partial charge in [-0.3, -0.25) is 4.84 Å². The number of carbonyl (C=O) groups is 1. The van der Waals surface area contributed by atoms with Crippen LogP contribution in [0.15, 0.2) is 12.2 Å². The zero-order valence-electron chi connectivity index (χ0n) is 15.7. The molecule has 0 aromatic heterocycles. The summed E-state index contributed by atoms with van der Waals surface area (Å²) in [7, 11) is 0. The fourth-order valence-corrected chi connectivity index (χ4v) is 2.63. The van der Waals surface area contributed by atoms with Crippen molar-refractivity contribution in [2.24, 2.45) is 0 Å². The number of carboxylic acid groups (broad SMARTS) is 1. The predicted octanol–water partition coefficient (Wildman–Crippen LogP) is 5.63. The molecule has 0 saturated heterocycles. The van der Waals surface area contributed by atoms with Crippen molar-refractivity contribution < 1.29 is 14.7 Å². The van der Waals surface area contributed by atoms with Gasteiger partial charge in [0.15, 0.2) is 6.61 Å². The summed E-state index contributed by atoms with van der Waals surface area (Å²) in [6, 6.07) is 0. The molecular weight excluding hydrogens is 302 g/mol. The van der Waals surface area contributed by atoms with Crippen LogP contribution in [0.5, 0.6) is 0 Å². The van der Waals surface area contributed by atoms with Crippen LogP contribution < -0.4 is 5.48 Å². The Morgan fingerprint density at radius 3 is 1.88 bits per heavy atom. The molecule has 0 bridgehead atoms. The highest BCUT2D eigenvalue weighted by molar-refractivity contribution is 5.67. The second kappa shape index (κ2) is 20.2. The Balaban J connectivity index is 3.06. The Bertz CT molecular complexity index is 293. The Morgan fingerprint density at radius 2 is 1.33 bits per heavy atom. The summed E-state index contributed by atoms with van der Waals surface area (Å²) in [5.41, 5.74) is 2.68. The van der Waals surface area contributed by atoms with E-state index in [0.717, 1.165) is 13.0 Å². The van der Waals surface area contributed by atoms with E-state index in [0.29, 0.717) is 0 Å². The van der Waals surface area contributed by atoms with Gasteiger partial charge in [-0.1, -0.05) is 76.9 Å². The number of hydrogen-bond acceptors (Lipinski definition) is 3. The lowest BCUT2D eigenvalue weighted by Crippen LogP contribution is -2.20. The van der Waals surface area contributed by atoms with Gasteiger partial charge in [0, 0.05) is 6.54 Å². The molecule has 0 heterocycles. The van der Waals surface area contributed by atoms with E-state index in [2.05, 4.69) is 24.6 Å². The third kappa shape index (κ3) is 21.1. The Hall–Kier alpha value is -0.870. The van der Waals surface area contributed by atoms with Gasteiger partial charge < -0.3 is 5.11 Å². The van der Waals surface area contributed by atoms with Crippen molar-refractivity contribution in [2.75, 3.05) is 13.2 Å². The average Bonchev–Trinajstić information content (AvgIpc) is 2.56. The molecule has 0 amide bonds. The summed E-state index contributed by atoms with van der Waals surface area (Å²) in [6.45, 7) is 2.72. The van der Waals surface area contributed by atoms with E-state index < -0.39 is 5.97 Å². The topological polar surface area (TPSA) is 58.6 Å². The zero-order chi connectivity index (χ0) is 17.7. The largest absolute Gasteiger partial charge is 0.479 e. The van der Waals surface area contributed by atoms with Gasteiger partial charge in [-0.2, -0.15) is 0 Å². The number of carboxylic acids is 1. The minimum atomic E-state index is -0.941. The van der Waals surface area contributed by atoms with Crippen molar-refractivity contribution in [3.8, 4) is 0 Å². The van der Waals surface area contributed by atoms with Gasteiger partial charge in [-0.15, -0.1) is 0 Å². The Morgan fingerprint density at radius 1 is 0.833 bits per heavy atom. The van der Waals surface area contributed by atoms with E-state index in [1.807, 2.05) is 0 Å². The average molecular weight is 342 g/mol. The third-order valence-electron chi connectivity index (χ3n) is 4.09. The summed E-state index contributed by atoms with van der Waals surface area (Å²) >= 11 is 0. The van der Waals surface area contributed by atoms with E-state index in [-0.39, 0.29) is 6.61 Å². The van der Waals surface area contributed by atoms with Crippen molar-refractivity contribution in [3.05, 3.63) is 12.2 Å². The smallest absolute Gasteiger partial charge is 0.331 e. The van der Waals surface area contributed by atoms with Gasteiger partial charge in [0.05, 0.1) is 0 Å². The third-order valence-corrected chi connectivity index (χ3v) is 4.09. The van der Waals surface area contributed by atoms with Crippen LogP contribution in [-0.4, -0.2) is 24.2 Å². The first-order valence-electron chi connectivity index (χ1n) is 9.98. The minimum absolute atomic E-state index is 0.271. The maximum Gasteiger partial charge on any atom is 0.331 e. The molecule has 0 aromatic carbocycles. The second-order valence-electron chi connectivity index (χ2n) is 6.51. The van der Waals surface area contributed by atoms with Gasteiger partial charge >= 0.3 is 5.97 Å². The van der Waals surface area contributed by atoms with Crippen LogP contribution in [0.2, 0.25) is 0 Å². The molecule has 0 atom stereocenters. The lowest BCUT2D eigenvalue weighted by molar-refractivity contribution is -0.145.